The van der Waals surface area contributed by atoms with Gasteiger partial charge in [0.1, 0.15) is 0 Å². The summed E-state index contributed by atoms with van der Waals surface area (Å²) in [4.78, 5) is 11.9. The van der Waals surface area contributed by atoms with Gasteiger partial charge in [0.05, 0.1) is 26.0 Å². The van der Waals surface area contributed by atoms with Gasteiger partial charge in [0, 0.05) is 18.3 Å². The van der Waals surface area contributed by atoms with Crippen molar-refractivity contribution in [2.45, 2.75) is 25.8 Å². The lowest BCUT2D eigenvalue weighted by Gasteiger charge is -2.21. The second-order valence-electron chi connectivity index (χ2n) is 5.18. The first-order valence-electron chi connectivity index (χ1n) is 7.37. The zero-order chi connectivity index (χ0) is 15.2. The minimum absolute atomic E-state index is 0.240. The third-order valence-corrected chi connectivity index (χ3v) is 3.38. The first-order valence-corrected chi connectivity index (χ1v) is 7.37. The van der Waals surface area contributed by atoms with Gasteiger partial charge >= 0.3 is 0 Å². The molecule has 1 aromatic heterocycles. The van der Waals surface area contributed by atoms with Crippen LogP contribution in [0.1, 0.15) is 17.5 Å². The molecule has 6 nitrogen and oxygen atoms in total. The van der Waals surface area contributed by atoms with Crippen molar-refractivity contribution in [2.24, 2.45) is 0 Å². The van der Waals surface area contributed by atoms with E-state index in [-0.39, 0.29) is 5.91 Å². The topological polar surface area (TPSA) is 65.4 Å². The molecule has 116 valence electrons. The zero-order valence-electron chi connectivity index (χ0n) is 12.3. The molecule has 2 heterocycles. The molecule has 1 saturated heterocycles. The van der Waals surface area contributed by atoms with E-state index >= 15 is 0 Å². The maximum absolute atomic E-state index is 11.9. The van der Waals surface area contributed by atoms with Crippen LogP contribution in [0, 0.1) is 0 Å². The first kappa shape index (κ1) is 14.7. The molecular formula is C16H19N3O3. The minimum Gasteiger partial charge on any atom is -0.347 e. The summed E-state index contributed by atoms with van der Waals surface area (Å²) in [7, 11) is 0. The van der Waals surface area contributed by atoms with Crippen LogP contribution in [0.5, 0.6) is 0 Å². The van der Waals surface area contributed by atoms with Gasteiger partial charge in [-0.25, -0.2) is 0 Å². The number of carbonyl (C=O) groups excluding carboxylic acids is 1. The van der Waals surface area contributed by atoms with Crippen LogP contribution in [-0.4, -0.2) is 35.2 Å². The Bertz CT molecular complexity index is 606. The van der Waals surface area contributed by atoms with Gasteiger partial charge in [-0.2, -0.15) is 5.10 Å². The molecule has 1 aliphatic rings. The van der Waals surface area contributed by atoms with Crippen LogP contribution in [0.2, 0.25) is 0 Å². The van der Waals surface area contributed by atoms with Crippen LogP contribution < -0.4 is 5.32 Å². The fraction of sp³-hybridized carbons (Fsp3) is 0.375. The molecule has 0 aliphatic carbocycles. The number of nitrogens with one attached hydrogen (secondary N) is 1. The largest absolute Gasteiger partial charge is 0.347 e. The lowest BCUT2D eigenvalue weighted by atomic mass is 10.2. The number of carbonyl (C=O) groups is 1. The standard InChI is InChI=1S/C16H19N3O3/c20-15(16-21-7-4-8-22-16)17-9-14-10-18-19(12-14)11-13-5-2-1-3-6-13/h1-3,5-6,10,12,16H,4,7-9,11H2,(H,17,20). The van der Waals surface area contributed by atoms with Crippen LogP contribution in [0.25, 0.3) is 0 Å². The van der Waals surface area contributed by atoms with Crippen molar-refractivity contribution in [3.05, 3.63) is 53.9 Å². The smallest absolute Gasteiger partial charge is 0.277 e. The van der Waals surface area contributed by atoms with Gasteiger partial charge in [0.25, 0.3) is 5.91 Å². The molecule has 0 atom stereocenters. The molecule has 0 saturated carbocycles. The van der Waals surface area contributed by atoms with E-state index in [2.05, 4.69) is 22.5 Å². The highest BCUT2D eigenvalue weighted by Gasteiger charge is 2.22. The van der Waals surface area contributed by atoms with Crippen LogP contribution in [0.3, 0.4) is 0 Å². The SMILES string of the molecule is O=C(NCc1cnn(Cc2ccccc2)c1)C1OCCCO1. The van der Waals surface area contributed by atoms with E-state index in [4.69, 9.17) is 9.47 Å². The van der Waals surface area contributed by atoms with Crippen molar-refractivity contribution in [2.75, 3.05) is 13.2 Å². The predicted octanol–water partition coefficient (Wildman–Crippen LogP) is 1.31. The van der Waals surface area contributed by atoms with E-state index in [1.54, 1.807) is 6.20 Å². The number of ether oxygens (including phenoxy) is 2. The highest BCUT2D eigenvalue weighted by atomic mass is 16.7. The normalized spacial score (nSPS) is 15.6. The predicted molar refractivity (Wildman–Crippen MR) is 79.9 cm³/mol. The Morgan fingerprint density at radius 2 is 2.00 bits per heavy atom. The number of rotatable bonds is 5. The van der Waals surface area contributed by atoms with Crippen molar-refractivity contribution in [1.29, 1.82) is 0 Å². The molecule has 0 spiro atoms. The molecular weight excluding hydrogens is 282 g/mol. The number of hydrogen-bond donors (Lipinski definition) is 1. The van der Waals surface area contributed by atoms with Gasteiger partial charge in [-0.15, -0.1) is 0 Å². The molecule has 6 heteroatoms. The van der Waals surface area contributed by atoms with Crippen molar-refractivity contribution in [3.63, 3.8) is 0 Å². The number of benzene rings is 1. The second kappa shape index (κ2) is 7.20. The average molecular weight is 301 g/mol. The number of amides is 1. The summed E-state index contributed by atoms with van der Waals surface area (Å²) >= 11 is 0. The van der Waals surface area contributed by atoms with E-state index in [1.165, 1.54) is 5.56 Å². The summed E-state index contributed by atoms with van der Waals surface area (Å²) in [5.74, 6) is -0.240. The van der Waals surface area contributed by atoms with Gasteiger partial charge in [-0.1, -0.05) is 30.3 Å². The number of nitrogens with zero attached hydrogens (tertiary/aromatic N) is 2. The Morgan fingerprint density at radius 1 is 1.23 bits per heavy atom. The molecule has 0 unspecified atom stereocenters. The Hall–Kier alpha value is -2.18. The Morgan fingerprint density at radius 3 is 2.77 bits per heavy atom. The lowest BCUT2D eigenvalue weighted by Crippen LogP contribution is -2.40. The van der Waals surface area contributed by atoms with Gasteiger partial charge < -0.3 is 14.8 Å². The quantitative estimate of drug-likeness (QED) is 0.904. The molecule has 2 aromatic rings. The minimum atomic E-state index is -0.784. The lowest BCUT2D eigenvalue weighted by molar-refractivity contribution is -0.190. The molecule has 0 bridgehead atoms. The molecule has 1 aromatic carbocycles. The second-order valence-corrected chi connectivity index (χ2v) is 5.18. The van der Waals surface area contributed by atoms with Crippen molar-refractivity contribution in [1.82, 2.24) is 15.1 Å². The molecule has 22 heavy (non-hydrogen) atoms. The number of aromatic nitrogens is 2. The summed E-state index contributed by atoms with van der Waals surface area (Å²) in [5.41, 5.74) is 2.13. The van der Waals surface area contributed by atoms with E-state index in [0.717, 1.165) is 12.0 Å². The molecule has 3 rings (SSSR count). The third-order valence-electron chi connectivity index (χ3n) is 3.38. The van der Waals surface area contributed by atoms with Crippen LogP contribution in [0.15, 0.2) is 42.7 Å². The Labute approximate surface area is 129 Å². The summed E-state index contributed by atoms with van der Waals surface area (Å²) in [5, 5.41) is 7.11. The van der Waals surface area contributed by atoms with E-state index in [0.29, 0.717) is 26.3 Å². The zero-order valence-corrected chi connectivity index (χ0v) is 12.3. The fourth-order valence-electron chi connectivity index (χ4n) is 2.27. The molecule has 1 fully saturated rings. The summed E-state index contributed by atoms with van der Waals surface area (Å²) in [6.45, 7) is 2.25. The van der Waals surface area contributed by atoms with E-state index < -0.39 is 6.29 Å². The average Bonchev–Trinajstić information content (AvgIpc) is 3.02. The summed E-state index contributed by atoms with van der Waals surface area (Å²) < 4.78 is 12.4. The van der Waals surface area contributed by atoms with E-state index in [9.17, 15) is 4.79 Å². The van der Waals surface area contributed by atoms with Crippen LogP contribution in [-0.2, 0) is 27.4 Å². The number of hydrogen-bond acceptors (Lipinski definition) is 4. The Balaban J connectivity index is 1.50. The Kier molecular flexibility index (Phi) is 4.82. The highest BCUT2D eigenvalue weighted by molar-refractivity contribution is 5.79. The van der Waals surface area contributed by atoms with Crippen LogP contribution in [0.4, 0.5) is 0 Å². The summed E-state index contributed by atoms with van der Waals surface area (Å²) in [6.07, 6.45) is 3.73. The summed E-state index contributed by atoms with van der Waals surface area (Å²) in [6, 6.07) is 10.1. The van der Waals surface area contributed by atoms with Crippen molar-refractivity contribution in [3.8, 4) is 0 Å². The van der Waals surface area contributed by atoms with Gasteiger partial charge in [-0.3, -0.25) is 9.48 Å². The van der Waals surface area contributed by atoms with Gasteiger partial charge in [-0.05, 0) is 12.0 Å². The molecule has 0 radical (unpaired) electrons. The monoisotopic (exact) mass is 301 g/mol. The fourth-order valence-corrected chi connectivity index (χ4v) is 2.27. The maximum Gasteiger partial charge on any atom is 0.277 e. The molecule has 1 N–H and O–H groups in total. The first-order chi connectivity index (χ1) is 10.8. The van der Waals surface area contributed by atoms with Crippen LogP contribution >= 0.6 is 0 Å². The highest BCUT2D eigenvalue weighted by Crippen LogP contribution is 2.06. The van der Waals surface area contributed by atoms with Crippen molar-refractivity contribution >= 4 is 5.91 Å². The third kappa shape index (κ3) is 3.93. The molecule has 1 amide bonds. The molecule has 1 aliphatic heterocycles. The van der Waals surface area contributed by atoms with Crippen molar-refractivity contribution < 1.29 is 14.3 Å². The van der Waals surface area contributed by atoms with Gasteiger partial charge in [0.2, 0.25) is 6.29 Å². The van der Waals surface area contributed by atoms with Gasteiger partial charge in [0.15, 0.2) is 0 Å². The van der Waals surface area contributed by atoms with E-state index in [1.807, 2.05) is 29.1 Å². The maximum atomic E-state index is 11.9.